The van der Waals surface area contributed by atoms with Crippen molar-refractivity contribution in [1.82, 2.24) is 4.57 Å². The fourth-order valence-corrected chi connectivity index (χ4v) is 2.69. The number of carbonyl (C=O) groups excluding carboxylic acids is 1. The van der Waals surface area contributed by atoms with Crippen molar-refractivity contribution >= 4 is 11.7 Å². The molecule has 0 saturated heterocycles. The fraction of sp³-hybridized carbons (Fsp3) is 0.105. The van der Waals surface area contributed by atoms with Gasteiger partial charge in [-0.3, -0.25) is 10.1 Å². The number of aromatic nitrogens is 1. The lowest BCUT2D eigenvalue weighted by molar-refractivity contribution is -0.384. The predicted molar refractivity (Wildman–Crippen MR) is 95.8 cm³/mol. The fourth-order valence-electron chi connectivity index (χ4n) is 2.69. The summed E-state index contributed by atoms with van der Waals surface area (Å²) in [6, 6.07) is 15.2. The summed E-state index contributed by atoms with van der Waals surface area (Å²) in [6.07, 6.45) is 1.68. The largest absolute Gasteiger partial charge is 0.497 e. The first kappa shape index (κ1) is 17.2. The maximum absolute atomic E-state index is 12.2. The molecular weight excluding hydrogens is 336 g/mol. The molecule has 0 saturated carbocycles. The van der Waals surface area contributed by atoms with Crippen LogP contribution in [0.2, 0.25) is 0 Å². The number of nitro groups is 1. The molecule has 26 heavy (non-hydrogen) atoms. The minimum Gasteiger partial charge on any atom is -0.497 e. The third-order valence-electron chi connectivity index (χ3n) is 3.98. The van der Waals surface area contributed by atoms with Gasteiger partial charge < -0.3 is 14.0 Å². The van der Waals surface area contributed by atoms with Gasteiger partial charge in [0, 0.05) is 17.8 Å². The third kappa shape index (κ3) is 3.14. The van der Waals surface area contributed by atoms with Crippen molar-refractivity contribution < 1.29 is 19.2 Å². The quantitative estimate of drug-likeness (QED) is 0.396. The molecule has 0 amide bonds. The van der Waals surface area contributed by atoms with Crippen molar-refractivity contribution in [1.29, 1.82) is 0 Å². The molecular formula is C19H16N2O5. The zero-order chi connectivity index (χ0) is 18.7. The lowest BCUT2D eigenvalue weighted by Crippen LogP contribution is -2.09. The predicted octanol–water partition coefficient (Wildman–Crippen LogP) is 3.85. The molecule has 0 unspecified atom stereocenters. The van der Waals surface area contributed by atoms with Gasteiger partial charge in [0.15, 0.2) is 0 Å². The molecule has 132 valence electrons. The number of esters is 1. The van der Waals surface area contributed by atoms with Crippen LogP contribution in [0.4, 0.5) is 5.69 Å². The Morgan fingerprint density at radius 1 is 1.04 bits per heavy atom. The van der Waals surface area contributed by atoms with Crippen LogP contribution < -0.4 is 4.74 Å². The van der Waals surface area contributed by atoms with Gasteiger partial charge >= 0.3 is 5.97 Å². The molecule has 7 heteroatoms. The van der Waals surface area contributed by atoms with Crippen molar-refractivity contribution in [3.8, 4) is 22.6 Å². The number of methoxy groups -OCH3 is 2. The van der Waals surface area contributed by atoms with Crippen molar-refractivity contribution in [3.05, 3.63) is 76.6 Å². The van der Waals surface area contributed by atoms with E-state index in [1.54, 1.807) is 49.7 Å². The van der Waals surface area contributed by atoms with E-state index in [4.69, 9.17) is 9.47 Å². The molecule has 0 aliphatic heterocycles. The number of hydrogen-bond acceptors (Lipinski definition) is 5. The van der Waals surface area contributed by atoms with Crippen LogP contribution in [0.15, 0.2) is 60.8 Å². The second-order valence-electron chi connectivity index (χ2n) is 5.45. The molecule has 0 spiro atoms. The molecule has 2 aromatic carbocycles. The normalized spacial score (nSPS) is 10.4. The monoisotopic (exact) mass is 352 g/mol. The van der Waals surface area contributed by atoms with E-state index in [2.05, 4.69) is 0 Å². The Balaban J connectivity index is 2.17. The van der Waals surface area contributed by atoms with Crippen molar-refractivity contribution in [3.63, 3.8) is 0 Å². The van der Waals surface area contributed by atoms with Gasteiger partial charge in [-0.1, -0.05) is 24.3 Å². The van der Waals surface area contributed by atoms with E-state index in [-0.39, 0.29) is 17.1 Å². The highest BCUT2D eigenvalue weighted by atomic mass is 16.6. The molecule has 1 heterocycles. The minimum absolute atomic E-state index is 0.102. The summed E-state index contributed by atoms with van der Waals surface area (Å²) in [4.78, 5) is 23.1. The number of para-hydroxylation sites is 2. The van der Waals surface area contributed by atoms with Gasteiger partial charge in [-0.15, -0.1) is 0 Å². The molecule has 0 fully saturated rings. The molecule has 0 radical (unpaired) electrons. The first-order valence-electron chi connectivity index (χ1n) is 7.74. The molecule has 0 aliphatic carbocycles. The SMILES string of the molecule is COC(=O)c1cc(-c2ccc(OC)cc2)cn1-c1ccccc1[N+](=O)[O-]. The highest BCUT2D eigenvalue weighted by Gasteiger charge is 2.21. The van der Waals surface area contributed by atoms with Gasteiger partial charge in [0.05, 0.1) is 19.1 Å². The van der Waals surface area contributed by atoms with E-state index < -0.39 is 10.9 Å². The minimum atomic E-state index is -0.581. The van der Waals surface area contributed by atoms with Crippen LogP contribution >= 0.6 is 0 Å². The molecule has 3 rings (SSSR count). The number of ether oxygens (including phenoxy) is 2. The summed E-state index contributed by atoms with van der Waals surface area (Å²) in [6.45, 7) is 0. The Hall–Kier alpha value is -3.61. The third-order valence-corrected chi connectivity index (χ3v) is 3.98. The zero-order valence-electron chi connectivity index (χ0n) is 14.2. The van der Waals surface area contributed by atoms with Gasteiger partial charge in [0.2, 0.25) is 0 Å². The summed E-state index contributed by atoms with van der Waals surface area (Å²) in [5, 5.41) is 11.4. The number of nitro benzene ring substituents is 1. The van der Waals surface area contributed by atoms with E-state index in [0.29, 0.717) is 5.75 Å². The van der Waals surface area contributed by atoms with Gasteiger partial charge in [0.1, 0.15) is 17.1 Å². The topological polar surface area (TPSA) is 83.6 Å². The van der Waals surface area contributed by atoms with Crippen LogP contribution in [-0.2, 0) is 4.74 Å². The Morgan fingerprint density at radius 3 is 2.35 bits per heavy atom. The Bertz CT molecular complexity index is 960. The van der Waals surface area contributed by atoms with Crippen molar-refractivity contribution in [2.75, 3.05) is 14.2 Å². The van der Waals surface area contributed by atoms with Crippen LogP contribution in [0.25, 0.3) is 16.8 Å². The highest BCUT2D eigenvalue weighted by molar-refractivity contribution is 5.91. The summed E-state index contributed by atoms with van der Waals surface area (Å²) >= 11 is 0. The highest BCUT2D eigenvalue weighted by Crippen LogP contribution is 2.30. The van der Waals surface area contributed by atoms with Gasteiger partial charge in [-0.2, -0.15) is 0 Å². The van der Waals surface area contributed by atoms with Crippen molar-refractivity contribution in [2.45, 2.75) is 0 Å². The lowest BCUT2D eigenvalue weighted by Gasteiger charge is -2.08. The zero-order valence-corrected chi connectivity index (χ0v) is 14.2. The average molecular weight is 352 g/mol. The summed E-state index contributed by atoms with van der Waals surface area (Å²) in [5.41, 5.74) is 1.96. The molecule has 0 atom stereocenters. The summed E-state index contributed by atoms with van der Waals surface area (Å²) in [7, 11) is 2.85. The Kier molecular flexibility index (Phi) is 4.70. The maximum Gasteiger partial charge on any atom is 0.355 e. The molecule has 1 aromatic heterocycles. The first-order chi connectivity index (χ1) is 12.5. The molecule has 3 aromatic rings. The smallest absolute Gasteiger partial charge is 0.355 e. The summed E-state index contributed by atoms with van der Waals surface area (Å²) in [5.74, 6) is 0.128. The lowest BCUT2D eigenvalue weighted by atomic mass is 10.1. The van der Waals surface area contributed by atoms with Crippen LogP contribution in [-0.4, -0.2) is 29.7 Å². The second kappa shape index (κ2) is 7.10. The Labute approximate surface area is 149 Å². The number of benzene rings is 2. The van der Waals surface area contributed by atoms with Crippen molar-refractivity contribution in [2.24, 2.45) is 0 Å². The number of carbonyl (C=O) groups is 1. The second-order valence-corrected chi connectivity index (χ2v) is 5.45. The number of nitrogens with zero attached hydrogens (tertiary/aromatic N) is 2. The van der Waals surface area contributed by atoms with E-state index in [1.807, 2.05) is 12.1 Å². The Morgan fingerprint density at radius 2 is 1.73 bits per heavy atom. The first-order valence-corrected chi connectivity index (χ1v) is 7.74. The molecule has 0 aliphatic rings. The van der Waals surface area contributed by atoms with E-state index >= 15 is 0 Å². The van der Waals surface area contributed by atoms with Gasteiger partial charge in [-0.05, 0) is 29.8 Å². The van der Waals surface area contributed by atoms with Gasteiger partial charge in [-0.25, -0.2) is 4.79 Å². The maximum atomic E-state index is 12.2. The summed E-state index contributed by atoms with van der Waals surface area (Å²) < 4.78 is 11.5. The molecule has 0 N–H and O–H groups in total. The van der Waals surface area contributed by atoms with Crippen LogP contribution in [0.1, 0.15) is 10.5 Å². The van der Waals surface area contributed by atoms with Crippen LogP contribution in [0.3, 0.4) is 0 Å². The molecule has 7 nitrogen and oxygen atoms in total. The number of hydrogen-bond donors (Lipinski definition) is 0. The van der Waals surface area contributed by atoms with Gasteiger partial charge in [0.25, 0.3) is 5.69 Å². The molecule has 0 bridgehead atoms. The average Bonchev–Trinajstić information content (AvgIpc) is 3.12. The van der Waals surface area contributed by atoms with E-state index in [0.717, 1.165) is 11.1 Å². The van der Waals surface area contributed by atoms with E-state index in [1.165, 1.54) is 17.7 Å². The van der Waals surface area contributed by atoms with Crippen LogP contribution in [0.5, 0.6) is 5.75 Å². The van der Waals surface area contributed by atoms with Crippen LogP contribution in [0, 0.1) is 10.1 Å². The number of rotatable bonds is 5. The standard InChI is InChI=1S/C19H16N2O5/c1-25-15-9-7-13(8-10-15)14-11-18(19(22)26-2)20(12-14)16-5-3-4-6-17(16)21(23)24/h3-12H,1-2H3. The van der Waals surface area contributed by atoms with E-state index in [9.17, 15) is 14.9 Å².